The van der Waals surface area contributed by atoms with Crippen LogP contribution in [0.2, 0.25) is 10.0 Å². The van der Waals surface area contributed by atoms with Crippen molar-refractivity contribution in [1.29, 1.82) is 0 Å². The third-order valence-electron chi connectivity index (χ3n) is 4.55. The van der Waals surface area contributed by atoms with Crippen molar-refractivity contribution < 1.29 is 9.21 Å². The Balaban J connectivity index is 1.42. The van der Waals surface area contributed by atoms with E-state index in [2.05, 4.69) is 20.5 Å². The fraction of sp³-hybridized carbons (Fsp3) is 0.200. The second kappa shape index (κ2) is 8.66. The molecule has 0 aliphatic heterocycles. The fourth-order valence-electron chi connectivity index (χ4n) is 2.90. The number of thiazole rings is 1. The summed E-state index contributed by atoms with van der Waals surface area (Å²) in [6.07, 6.45) is 3.65. The van der Waals surface area contributed by atoms with E-state index in [0.29, 0.717) is 50.0 Å². The first-order valence-electron chi connectivity index (χ1n) is 9.41. The van der Waals surface area contributed by atoms with Crippen molar-refractivity contribution in [3.05, 3.63) is 62.7 Å². The average Bonchev–Trinajstić information content (AvgIpc) is 3.19. The molecule has 158 valence electrons. The van der Waals surface area contributed by atoms with Gasteiger partial charge in [0.1, 0.15) is 10.7 Å². The minimum atomic E-state index is -0.121. The highest BCUT2D eigenvalue weighted by Crippen LogP contribution is 2.34. The van der Waals surface area contributed by atoms with Crippen LogP contribution in [0.3, 0.4) is 0 Å². The monoisotopic (exact) mass is 491 g/mol. The van der Waals surface area contributed by atoms with Crippen molar-refractivity contribution >= 4 is 52.2 Å². The standard InChI is InChI=1S/C20H15Cl2N5O2S2/c21-11-3-6-13(22)15(8-11)27-18(16-2-1-7-29-16)25-26-20(27)31-10-17-24-14(9-30-17)19(28)23-12-4-5-12/h1-3,6-9,12H,4-5,10H2,(H,23,28). The fourth-order valence-corrected chi connectivity index (χ4v) is 5.00. The molecule has 4 aromatic rings. The number of nitrogens with one attached hydrogen (secondary N) is 1. The van der Waals surface area contributed by atoms with E-state index in [0.717, 1.165) is 17.8 Å². The van der Waals surface area contributed by atoms with Crippen LogP contribution in [-0.2, 0) is 5.75 Å². The highest BCUT2D eigenvalue weighted by molar-refractivity contribution is 7.98. The molecule has 1 fully saturated rings. The van der Waals surface area contributed by atoms with Gasteiger partial charge in [-0.25, -0.2) is 4.98 Å². The Labute approximate surface area is 195 Å². The Kier molecular flexibility index (Phi) is 5.75. The first-order valence-corrected chi connectivity index (χ1v) is 12.0. The molecule has 1 aliphatic carbocycles. The number of aromatic nitrogens is 4. The molecule has 0 bridgehead atoms. The molecule has 31 heavy (non-hydrogen) atoms. The van der Waals surface area contributed by atoms with Gasteiger partial charge in [0.15, 0.2) is 10.9 Å². The Morgan fingerprint density at radius 1 is 1.29 bits per heavy atom. The lowest BCUT2D eigenvalue weighted by atomic mass is 10.3. The van der Waals surface area contributed by atoms with Gasteiger partial charge in [-0.05, 0) is 43.2 Å². The summed E-state index contributed by atoms with van der Waals surface area (Å²) in [6, 6.07) is 9.09. The second-order valence-corrected chi connectivity index (χ2v) is 9.61. The first kappa shape index (κ1) is 20.6. The minimum absolute atomic E-state index is 0.121. The average molecular weight is 492 g/mol. The SMILES string of the molecule is O=C(NC1CC1)c1csc(CSc2nnc(-c3ccco3)n2-c2cc(Cl)ccc2Cl)n1. The molecule has 1 saturated carbocycles. The van der Waals surface area contributed by atoms with Crippen molar-refractivity contribution in [2.45, 2.75) is 29.8 Å². The predicted octanol–water partition coefficient (Wildman–Crippen LogP) is 5.48. The topological polar surface area (TPSA) is 85.8 Å². The molecule has 3 heterocycles. The van der Waals surface area contributed by atoms with E-state index >= 15 is 0 Å². The van der Waals surface area contributed by atoms with Gasteiger partial charge >= 0.3 is 0 Å². The number of hydrogen-bond acceptors (Lipinski definition) is 7. The summed E-state index contributed by atoms with van der Waals surface area (Å²) in [5.41, 5.74) is 1.10. The number of halogens is 2. The zero-order chi connectivity index (χ0) is 21.4. The van der Waals surface area contributed by atoms with E-state index in [1.165, 1.54) is 23.1 Å². The third kappa shape index (κ3) is 4.50. The number of hydrogen-bond donors (Lipinski definition) is 1. The largest absolute Gasteiger partial charge is 0.461 e. The van der Waals surface area contributed by atoms with Gasteiger partial charge in [0.25, 0.3) is 5.91 Å². The molecule has 11 heteroatoms. The zero-order valence-corrected chi connectivity index (χ0v) is 19.1. The van der Waals surface area contributed by atoms with Crippen LogP contribution in [0.5, 0.6) is 0 Å². The molecule has 1 aliphatic rings. The number of amides is 1. The Hall–Kier alpha value is -2.33. The van der Waals surface area contributed by atoms with Crippen LogP contribution in [-0.4, -0.2) is 31.7 Å². The number of thioether (sulfide) groups is 1. The van der Waals surface area contributed by atoms with Crippen molar-refractivity contribution in [1.82, 2.24) is 25.1 Å². The van der Waals surface area contributed by atoms with E-state index in [4.69, 9.17) is 27.6 Å². The quantitative estimate of drug-likeness (QED) is 0.344. The molecular weight excluding hydrogens is 477 g/mol. The lowest BCUT2D eigenvalue weighted by molar-refractivity contribution is 0.0946. The Bertz CT molecular complexity index is 1230. The maximum Gasteiger partial charge on any atom is 0.270 e. The van der Waals surface area contributed by atoms with E-state index < -0.39 is 0 Å². The van der Waals surface area contributed by atoms with Crippen LogP contribution in [0.25, 0.3) is 17.3 Å². The first-order chi connectivity index (χ1) is 15.1. The molecule has 5 rings (SSSR count). The van der Waals surface area contributed by atoms with Crippen LogP contribution in [0.4, 0.5) is 0 Å². The lowest BCUT2D eigenvalue weighted by Gasteiger charge is -2.11. The van der Waals surface area contributed by atoms with E-state index in [-0.39, 0.29) is 5.91 Å². The smallest absolute Gasteiger partial charge is 0.270 e. The zero-order valence-electron chi connectivity index (χ0n) is 15.9. The second-order valence-electron chi connectivity index (χ2n) is 6.88. The number of benzene rings is 1. The molecule has 0 spiro atoms. The number of nitrogens with zero attached hydrogens (tertiary/aromatic N) is 4. The molecule has 1 amide bonds. The van der Waals surface area contributed by atoms with Crippen LogP contribution in [0.1, 0.15) is 28.3 Å². The molecule has 1 aromatic carbocycles. The van der Waals surface area contributed by atoms with Crippen molar-refractivity contribution in [2.24, 2.45) is 0 Å². The molecule has 0 unspecified atom stereocenters. The van der Waals surface area contributed by atoms with Crippen LogP contribution >= 0.6 is 46.3 Å². The van der Waals surface area contributed by atoms with Gasteiger partial charge in [-0.3, -0.25) is 9.36 Å². The maximum atomic E-state index is 12.2. The summed E-state index contributed by atoms with van der Waals surface area (Å²) in [4.78, 5) is 16.6. The van der Waals surface area contributed by atoms with Gasteiger partial charge in [-0.2, -0.15) is 0 Å². The van der Waals surface area contributed by atoms with Gasteiger partial charge in [-0.15, -0.1) is 21.5 Å². The summed E-state index contributed by atoms with van der Waals surface area (Å²) < 4.78 is 7.34. The number of carbonyl (C=O) groups is 1. The molecule has 0 radical (unpaired) electrons. The molecule has 7 nitrogen and oxygen atoms in total. The number of furan rings is 1. The summed E-state index contributed by atoms with van der Waals surface area (Å²) in [6.45, 7) is 0. The van der Waals surface area contributed by atoms with E-state index in [9.17, 15) is 4.79 Å². The summed E-state index contributed by atoms with van der Waals surface area (Å²) in [5.74, 6) is 1.48. The van der Waals surface area contributed by atoms with Gasteiger partial charge in [-0.1, -0.05) is 35.0 Å². The summed E-state index contributed by atoms with van der Waals surface area (Å²) >= 11 is 15.6. The molecule has 0 atom stereocenters. The molecule has 0 saturated heterocycles. The van der Waals surface area contributed by atoms with E-state index in [1.54, 1.807) is 42.0 Å². The molecular formula is C20H15Cl2N5O2S2. The number of rotatable bonds is 7. The van der Waals surface area contributed by atoms with Crippen molar-refractivity contribution in [2.75, 3.05) is 0 Å². The van der Waals surface area contributed by atoms with Gasteiger partial charge in [0, 0.05) is 16.4 Å². The van der Waals surface area contributed by atoms with Gasteiger partial charge in [0.2, 0.25) is 5.82 Å². The predicted molar refractivity (Wildman–Crippen MR) is 121 cm³/mol. The van der Waals surface area contributed by atoms with E-state index in [1.807, 2.05) is 4.57 Å². The number of carbonyl (C=O) groups excluding carboxylic acids is 1. The Morgan fingerprint density at radius 2 is 2.16 bits per heavy atom. The summed E-state index contributed by atoms with van der Waals surface area (Å²) in [7, 11) is 0. The minimum Gasteiger partial charge on any atom is -0.461 e. The highest BCUT2D eigenvalue weighted by atomic mass is 35.5. The Morgan fingerprint density at radius 3 is 2.94 bits per heavy atom. The summed E-state index contributed by atoms with van der Waals surface area (Å²) in [5, 5.41) is 15.8. The maximum absolute atomic E-state index is 12.2. The lowest BCUT2D eigenvalue weighted by Crippen LogP contribution is -2.25. The van der Waals surface area contributed by atoms with Crippen LogP contribution in [0.15, 0.2) is 51.5 Å². The molecule has 1 N–H and O–H groups in total. The van der Waals surface area contributed by atoms with Crippen molar-refractivity contribution in [3.8, 4) is 17.3 Å². The third-order valence-corrected chi connectivity index (χ3v) is 7.07. The van der Waals surface area contributed by atoms with Gasteiger partial charge < -0.3 is 9.73 Å². The highest BCUT2D eigenvalue weighted by Gasteiger charge is 2.25. The van der Waals surface area contributed by atoms with Crippen molar-refractivity contribution in [3.63, 3.8) is 0 Å². The van der Waals surface area contributed by atoms with Gasteiger partial charge in [0.05, 0.1) is 22.7 Å². The van der Waals surface area contributed by atoms with Crippen LogP contribution < -0.4 is 5.32 Å². The normalized spacial score (nSPS) is 13.5. The van der Waals surface area contributed by atoms with Crippen LogP contribution in [0, 0.1) is 0 Å². The molecule has 3 aromatic heterocycles.